The van der Waals surface area contributed by atoms with E-state index in [9.17, 15) is 4.79 Å². The Balaban J connectivity index is 1.80. The molecular weight excluding hydrogens is 332 g/mol. The zero-order chi connectivity index (χ0) is 15.1. The summed E-state index contributed by atoms with van der Waals surface area (Å²) < 4.78 is 6.34. The van der Waals surface area contributed by atoms with E-state index in [-0.39, 0.29) is 12.5 Å². The predicted octanol–water partition coefficient (Wildman–Crippen LogP) is 3.29. The number of amides is 1. The molecule has 0 bridgehead atoms. The zero-order valence-electron chi connectivity index (χ0n) is 11.5. The maximum Gasteiger partial charge on any atom is 0.277 e. The third kappa shape index (κ3) is 5.39. The van der Waals surface area contributed by atoms with Crippen molar-refractivity contribution in [3.63, 3.8) is 0 Å². The third-order valence-electron chi connectivity index (χ3n) is 2.61. The van der Waals surface area contributed by atoms with Crippen molar-refractivity contribution in [2.75, 3.05) is 6.61 Å². The normalized spacial score (nSPS) is 10.6. The van der Waals surface area contributed by atoms with Gasteiger partial charge in [0.05, 0.1) is 6.21 Å². The number of hydrogen-bond acceptors (Lipinski definition) is 3. The highest BCUT2D eigenvalue weighted by Crippen LogP contribution is 2.12. The first-order chi connectivity index (χ1) is 10.1. The molecule has 2 aromatic rings. The van der Waals surface area contributed by atoms with E-state index in [1.165, 1.54) is 0 Å². The van der Waals surface area contributed by atoms with Gasteiger partial charge in [-0.2, -0.15) is 5.10 Å². The van der Waals surface area contributed by atoms with Crippen LogP contribution in [0.1, 0.15) is 11.1 Å². The van der Waals surface area contributed by atoms with Gasteiger partial charge in [-0.1, -0.05) is 40.2 Å². The van der Waals surface area contributed by atoms with E-state index in [2.05, 4.69) is 26.5 Å². The van der Waals surface area contributed by atoms with Gasteiger partial charge in [0.25, 0.3) is 5.91 Å². The highest BCUT2D eigenvalue weighted by molar-refractivity contribution is 9.10. The Morgan fingerprint density at radius 3 is 2.86 bits per heavy atom. The summed E-state index contributed by atoms with van der Waals surface area (Å²) >= 11 is 3.37. The molecule has 0 heterocycles. The Labute approximate surface area is 132 Å². The highest BCUT2D eigenvalue weighted by atomic mass is 79.9. The van der Waals surface area contributed by atoms with Gasteiger partial charge in [0.1, 0.15) is 5.75 Å². The topological polar surface area (TPSA) is 50.7 Å². The summed E-state index contributed by atoms with van der Waals surface area (Å²) in [6, 6.07) is 15.1. The van der Waals surface area contributed by atoms with Crippen LogP contribution >= 0.6 is 15.9 Å². The molecule has 1 N–H and O–H groups in total. The lowest BCUT2D eigenvalue weighted by atomic mass is 10.2. The number of hydrogen-bond donors (Lipinski definition) is 1. The molecule has 5 heteroatoms. The molecule has 4 nitrogen and oxygen atoms in total. The van der Waals surface area contributed by atoms with E-state index in [4.69, 9.17) is 4.74 Å². The second-order valence-corrected chi connectivity index (χ2v) is 5.37. The molecule has 0 fully saturated rings. The van der Waals surface area contributed by atoms with E-state index >= 15 is 0 Å². The maximum atomic E-state index is 11.6. The summed E-state index contributed by atoms with van der Waals surface area (Å²) in [5, 5.41) is 3.89. The van der Waals surface area contributed by atoms with Crippen LogP contribution in [0.15, 0.2) is 58.1 Å². The number of nitrogens with zero attached hydrogens (tertiary/aromatic N) is 1. The fourth-order valence-electron chi connectivity index (χ4n) is 1.65. The van der Waals surface area contributed by atoms with Crippen LogP contribution in [0, 0.1) is 6.92 Å². The first kappa shape index (κ1) is 15.3. The van der Waals surface area contributed by atoms with Gasteiger partial charge in [-0.3, -0.25) is 4.79 Å². The summed E-state index contributed by atoms with van der Waals surface area (Å²) in [4.78, 5) is 11.6. The van der Waals surface area contributed by atoms with E-state index < -0.39 is 0 Å². The lowest BCUT2D eigenvalue weighted by Crippen LogP contribution is -2.24. The van der Waals surface area contributed by atoms with Crippen molar-refractivity contribution in [3.05, 3.63) is 64.1 Å². The molecule has 2 aromatic carbocycles. The van der Waals surface area contributed by atoms with E-state index in [1.807, 2.05) is 55.5 Å². The van der Waals surface area contributed by atoms with Gasteiger partial charge in [0.15, 0.2) is 6.61 Å². The van der Waals surface area contributed by atoms with Crippen molar-refractivity contribution in [3.8, 4) is 5.75 Å². The molecule has 0 spiro atoms. The second-order valence-electron chi connectivity index (χ2n) is 4.45. The SMILES string of the molecule is Cc1cccc(OCC(=O)NN=Cc2cccc(Br)c2)c1. The summed E-state index contributed by atoms with van der Waals surface area (Å²) in [6.45, 7) is 1.90. The van der Waals surface area contributed by atoms with Crippen LogP contribution in [0.25, 0.3) is 0 Å². The van der Waals surface area contributed by atoms with Gasteiger partial charge in [-0.05, 0) is 42.3 Å². The number of nitrogens with one attached hydrogen (secondary N) is 1. The standard InChI is InChI=1S/C16H15BrN2O2/c1-12-4-2-7-15(8-12)21-11-16(20)19-18-10-13-5-3-6-14(17)9-13/h2-10H,11H2,1H3,(H,19,20). The highest BCUT2D eigenvalue weighted by Gasteiger charge is 2.01. The molecule has 108 valence electrons. The van der Waals surface area contributed by atoms with Crippen LogP contribution < -0.4 is 10.2 Å². The van der Waals surface area contributed by atoms with Gasteiger partial charge in [0, 0.05) is 4.47 Å². The molecule has 0 saturated heterocycles. The molecule has 0 saturated carbocycles. The lowest BCUT2D eigenvalue weighted by Gasteiger charge is -2.05. The number of carbonyl (C=O) groups is 1. The van der Waals surface area contributed by atoms with Crippen molar-refractivity contribution in [2.24, 2.45) is 5.10 Å². The Bertz CT molecular complexity index is 656. The number of benzene rings is 2. The van der Waals surface area contributed by atoms with Crippen molar-refractivity contribution < 1.29 is 9.53 Å². The molecule has 1 amide bonds. The minimum atomic E-state index is -0.303. The minimum absolute atomic E-state index is 0.0702. The van der Waals surface area contributed by atoms with Crippen LogP contribution in [0.3, 0.4) is 0 Å². The number of carbonyl (C=O) groups excluding carboxylic acids is 1. The number of halogens is 1. The van der Waals surface area contributed by atoms with E-state index in [0.29, 0.717) is 5.75 Å². The predicted molar refractivity (Wildman–Crippen MR) is 86.6 cm³/mol. The third-order valence-corrected chi connectivity index (χ3v) is 3.10. The molecular formula is C16H15BrN2O2. The zero-order valence-corrected chi connectivity index (χ0v) is 13.1. The number of hydrazone groups is 1. The number of aryl methyl sites for hydroxylation is 1. The Morgan fingerprint density at radius 2 is 2.10 bits per heavy atom. The first-order valence-electron chi connectivity index (χ1n) is 6.40. The smallest absolute Gasteiger partial charge is 0.277 e. The minimum Gasteiger partial charge on any atom is -0.484 e. The van der Waals surface area contributed by atoms with Crippen LogP contribution in [0.4, 0.5) is 0 Å². The van der Waals surface area contributed by atoms with E-state index in [0.717, 1.165) is 15.6 Å². The molecule has 0 aliphatic carbocycles. The van der Waals surface area contributed by atoms with Gasteiger partial charge >= 0.3 is 0 Å². The van der Waals surface area contributed by atoms with Crippen LogP contribution in [-0.2, 0) is 4.79 Å². The average Bonchev–Trinajstić information content (AvgIpc) is 2.45. The van der Waals surface area contributed by atoms with Gasteiger partial charge in [0.2, 0.25) is 0 Å². The van der Waals surface area contributed by atoms with Crippen molar-refractivity contribution in [1.29, 1.82) is 0 Å². The Hall–Kier alpha value is -2.14. The molecule has 0 radical (unpaired) electrons. The molecule has 2 rings (SSSR count). The maximum absolute atomic E-state index is 11.6. The average molecular weight is 347 g/mol. The summed E-state index contributed by atoms with van der Waals surface area (Å²) in [7, 11) is 0. The monoisotopic (exact) mass is 346 g/mol. The quantitative estimate of drug-likeness (QED) is 0.667. The van der Waals surface area contributed by atoms with Crippen LogP contribution in [0.2, 0.25) is 0 Å². The van der Waals surface area contributed by atoms with Gasteiger partial charge in [-0.15, -0.1) is 0 Å². The van der Waals surface area contributed by atoms with Crippen molar-refractivity contribution >= 4 is 28.1 Å². The fourth-order valence-corrected chi connectivity index (χ4v) is 2.07. The van der Waals surface area contributed by atoms with Crippen LogP contribution in [0.5, 0.6) is 5.75 Å². The van der Waals surface area contributed by atoms with Crippen molar-refractivity contribution in [1.82, 2.24) is 5.43 Å². The first-order valence-corrected chi connectivity index (χ1v) is 7.20. The second kappa shape index (κ2) is 7.59. The molecule has 0 unspecified atom stereocenters. The summed E-state index contributed by atoms with van der Waals surface area (Å²) in [5.41, 5.74) is 4.40. The number of ether oxygens (including phenoxy) is 1. The molecule has 0 aliphatic rings. The van der Waals surface area contributed by atoms with Gasteiger partial charge < -0.3 is 4.74 Å². The Kier molecular flexibility index (Phi) is 5.51. The number of rotatable bonds is 5. The van der Waals surface area contributed by atoms with Crippen LogP contribution in [-0.4, -0.2) is 18.7 Å². The fraction of sp³-hybridized carbons (Fsp3) is 0.125. The molecule has 0 aliphatic heterocycles. The van der Waals surface area contributed by atoms with E-state index in [1.54, 1.807) is 6.21 Å². The Morgan fingerprint density at radius 1 is 1.29 bits per heavy atom. The molecule has 0 aromatic heterocycles. The molecule has 0 atom stereocenters. The van der Waals surface area contributed by atoms with Gasteiger partial charge in [-0.25, -0.2) is 5.43 Å². The lowest BCUT2D eigenvalue weighted by molar-refractivity contribution is -0.123. The summed E-state index contributed by atoms with van der Waals surface area (Å²) in [5.74, 6) is 0.365. The molecule has 21 heavy (non-hydrogen) atoms. The van der Waals surface area contributed by atoms with Crippen molar-refractivity contribution in [2.45, 2.75) is 6.92 Å². The summed E-state index contributed by atoms with van der Waals surface area (Å²) in [6.07, 6.45) is 1.58. The largest absolute Gasteiger partial charge is 0.484 e.